The van der Waals surface area contributed by atoms with Crippen LogP contribution in [0.5, 0.6) is 0 Å². The Morgan fingerprint density at radius 2 is 2.47 bits per heavy atom. The van der Waals surface area contributed by atoms with Crippen LogP contribution in [0.3, 0.4) is 0 Å². The van der Waals surface area contributed by atoms with Gasteiger partial charge in [0.1, 0.15) is 5.78 Å². The van der Waals surface area contributed by atoms with Crippen LogP contribution in [0.15, 0.2) is 5.38 Å². The molecule has 4 heteroatoms. The first-order valence-electron chi connectivity index (χ1n) is 5.31. The maximum absolute atomic E-state index is 11.6. The molecule has 3 nitrogen and oxygen atoms in total. The van der Waals surface area contributed by atoms with E-state index in [2.05, 4.69) is 15.3 Å². The van der Waals surface area contributed by atoms with Crippen LogP contribution in [0.4, 0.5) is 0 Å². The quantitative estimate of drug-likeness (QED) is 0.787. The van der Waals surface area contributed by atoms with Crippen molar-refractivity contribution < 1.29 is 4.79 Å². The highest BCUT2D eigenvalue weighted by atomic mass is 32.1. The summed E-state index contributed by atoms with van der Waals surface area (Å²) in [5.41, 5.74) is 1.08. The van der Waals surface area contributed by atoms with Gasteiger partial charge in [0, 0.05) is 18.3 Å². The highest BCUT2D eigenvalue weighted by Crippen LogP contribution is 2.21. The zero-order valence-electron chi connectivity index (χ0n) is 9.19. The van der Waals surface area contributed by atoms with E-state index in [1.54, 1.807) is 11.3 Å². The second-order valence-electron chi connectivity index (χ2n) is 4.15. The minimum Gasteiger partial charge on any atom is -0.298 e. The first-order chi connectivity index (χ1) is 7.16. The Labute approximate surface area is 94.1 Å². The number of aromatic nitrogens is 1. The molecule has 15 heavy (non-hydrogen) atoms. The molecule has 0 saturated heterocycles. The summed E-state index contributed by atoms with van der Waals surface area (Å²) in [4.78, 5) is 18.1. The molecule has 1 aromatic heterocycles. The second kappa shape index (κ2) is 4.41. The zero-order chi connectivity index (χ0) is 10.8. The number of rotatable bonds is 3. The maximum Gasteiger partial charge on any atom is 0.149 e. The first kappa shape index (κ1) is 10.8. The number of hydrogen-bond donors (Lipinski definition) is 0. The van der Waals surface area contributed by atoms with Crippen LogP contribution in [-0.2, 0) is 11.3 Å². The van der Waals surface area contributed by atoms with Crippen molar-refractivity contribution in [3.63, 3.8) is 0 Å². The molecule has 0 spiro atoms. The molecule has 1 unspecified atom stereocenters. The number of carbonyl (C=O) groups excluding carboxylic acids is 1. The molecule has 82 valence electrons. The first-order valence-corrected chi connectivity index (χ1v) is 6.19. The third-order valence-electron chi connectivity index (χ3n) is 2.88. The second-order valence-corrected chi connectivity index (χ2v) is 5.21. The number of nitrogens with zero attached hydrogens (tertiary/aromatic N) is 2. The molecule has 0 N–H and O–H groups in total. The van der Waals surface area contributed by atoms with Gasteiger partial charge in [-0.1, -0.05) is 0 Å². The molecule has 0 amide bonds. The number of likely N-dealkylation sites (N-methyl/N-ethyl adjacent to an activating group) is 1. The minimum absolute atomic E-state index is 0.131. The van der Waals surface area contributed by atoms with E-state index in [9.17, 15) is 4.79 Å². The molecule has 0 bridgehead atoms. The van der Waals surface area contributed by atoms with E-state index in [4.69, 9.17) is 0 Å². The third kappa shape index (κ3) is 2.44. The van der Waals surface area contributed by atoms with Crippen molar-refractivity contribution in [2.45, 2.75) is 38.8 Å². The molecule has 0 radical (unpaired) electrons. The minimum atomic E-state index is 0.131. The zero-order valence-corrected chi connectivity index (χ0v) is 10.0. The van der Waals surface area contributed by atoms with Crippen molar-refractivity contribution in [2.24, 2.45) is 0 Å². The van der Waals surface area contributed by atoms with E-state index >= 15 is 0 Å². The fourth-order valence-corrected chi connectivity index (χ4v) is 2.71. The van der Waals surface area contributed by atoms with E-state index in [1.165, 1.54) is 0 Å². The van der Waals surface area contributed by atoms with Crippen molar-refractivity contribution in [1.29, 1.82) is 0 Å². The van der Waals surface area contributed by atoms with E-state index in [-0.39, 0.29) is 6.04 Å². The van der Waals surface area contributed by atoms with Gasteiger partial charge >= 0.3 is 0 Å². The fourth-order valence-electron chi connectivity index (χ4n) is 2.11. The van der Waals surface area contributed by atoms with Crippen LogP contribution < -0.4 is 0 Å². The highest BCUT2D eigenvalue weighted by Gasteiger charge is 2.28. The Morgan fingerprint density at radius 3 is 3.00 bits per heavy atom. The lowest BCUT2D eigenvalue weighted by atomic mass is 10.2. The van der Waals surface area contributed by atoms with Gasteiger partial charge in [0.2, 0.25) is 0 Å². The Bertz CT molecular complexity index is 361. The molecule has 1 heterocycles. The van der Waals surface area contributed by atoms with Gasteiger partial charge in [0.25, 0.3) is 0 Å². The van der Waals surface area contributed by atoms with Gasteiger partial charge < -0.3 is 0 Å². The van der Waals surface area contributed by atoms with Gasteiger partial charge in [-0.25, -0.2) is 4.98 Å². The highest BCUT2D eigenvalue weighted by molar-refractivity contribution is 7.09. The lowest BCUT2D eigenvalue weighted by Crippen LogP contribution is -2.34. The molecule has 0 aromatic carbocycles. The number of aryl methyl sites for hydroxylation is 1. The van der Waals surface area contributed by atoms with Gasteiger partial charge in [0.15, 0.2) is 0 Å². The largest absolute Gasteiger partial charge is 0.298 e. The van der Waals surface area contributed by atoms with Crippen LogP contribution >= 0.6 is 11.3 Å². The lowest BCUT2D eigenvalue weighted by Gasteiger charge is -2.21. The predicted octanol–water partition coefficient (Wildman–Crippen LogP) is 2.00. The molecular formula is C11H16N2OS. The summed E-state index contributed by atoms with van der Waals surface area (Å²) in [6, 6.07) is 0.131. The van der Waals surface area contributed by atoms with Crippen molar-refractivity contribution >= 4 is 17.1 Å². The average molecular weight is 224 g/mol. The normalized spacial score (nSPS) is 21.5. The van der Waals surface area contributed by atoms with Gasteiger partial charge in [-0.3, -0.25) is 9.69 Å². The summed E-state index contributed by atoms with van der Waals surface area (Å²) in [6.45, 7) is 2.80. The Balaban J connectivity index is 1.97. The van der Waals surface area contributed by atoms with E-state index in [1.807, 2.05) is 14.0 Å². The van der Waals surface area contributed by atoms with E-state index < -0.39 is 0 Å². The SMILES string of the molecule is Cc1nc(CN(C)C2CCCC2=O)cs1. The topological polar surface area (TPSA) is 33.2 Å². The standard InChI is InChI=1S/C11H16N2OS/c1-8-12-9(7-15-8)6-13(2)10-4-3-5-11(10)14/h7,10H,3-6H2,1-2H3. The third-order valence-corrected chi connectivity index (χ3v) is 3.70. The summed E-state index contributed by atoms with van der Waals surface area (Å²) < 4.78 is 0. The number of thiazole rings is 1. The number of Topliss-reactive ketones (excluding diaryl/α,β-unsaturated/α-hetero) is 1. The van der Waals surface area contributed by atoms with E-state index in [0.29, 0.717) is 5.78 Å². The molecule has 1 fully saturated rings. The van der Waals surface area contributed by atoms with E-state index in [0.717, 1.165) is 36.5 Å². The Morgan fingerprint density at radius 1 is 1.67 bits per heavy atom. The van der Waals surface area contributed by atoms with Gasteiger partial charge in [-0.2, -0.15) is 0 Å². The van der Waals surface area contributed by atoms with Crippen LogP contribution in [0.1, 0.15) is 30.0 Å². The van der Waals surface area contributed by atoms with Crippen LogP contribution in [-0.4, -0.2) is 28.8 Å². The molecule has 1 aliphatic rings. The molecule has 1 saturated carbocycles. The molecule has 2 rings (SSSR count). The monoisotopic (exact) mass is 224 g/mol. The fraction of sp³-hybridized carbons (Fsp3) is 0.636. The van der Waals surface area contributed by atoms with Crippen molar-refractivity contribution in [2.75, 3.05) is 7.05 Å². The molecule has 1 atom stereocenters. The van der Waals surface area contributed by atoms with Crippen LogP contribution in [0, 0.1) is 6.92 Å². The van der Waals surface area contributed by atoms with Crippen LogP contribution in [0.2, 0.25) is 0 Å². The number of hydrogen-bond acceptors (Lipinski definition) is 4. The Kier molecular flexibility index (Phi) is 3.17. The summed E-state index contributed by atoms with van der Waals surface area (Å²) in [6.07, 6.45) is 2.81. The molecule has 0 aliphatic heterocycles. The van der Waals surface area contributed by atoms with Crippen molar-refractivity contribution in [1.82, 2.24) is 9.88 Å². The summed E-state index contributed by atoms with van der Waals surface area (Å²) >= 11 is 1.67. The average Bonchev–Trinajstić information content (AvgIpc) is 2.75. The smallest absolute Gasteiger partial charge is 0.149 e. The van der Waals surface area contributed by atoms with Crippen LogP contribution in [0.25, 0.3) is 0 Å². The number of carbonyl (C=O) groups is 1. The number of ketones is 1. The Hall–Kier alpha value is -0.740. The van der Waals surface area contributed by atoms with Crippen molar-refractivity contribution in [3.05, 3.63) is 16.1 Å². The van der Waals surface area contributed by atoms with Gasteiger partial charge in [-0.05, 0) is 26.8 Å². The summed E-state index contributed by atoms with van der Waals surface area (Å²) in [7, 11) is 2.02. The molecule has 1 aromatic rings. The molecular weight excluding hydrogens is 208 g/mol. The molecule has 1 aliphatic carbocycles. The summed E-state index contributed by atoms with van der Waals surface area (Å²) in [5, 5.41) is 3.17. The maximum atomic E-state index is 11.6. The predicted molar refractivity (Wildman–Crippen MR) is 61.0 cm³/mol. The van der Waals surface area contributed by atoms with Gasteiger partial charge in [0.05, 0.1) is 16.7 Å². The van der Waals surface area contributed by atoms with Crippen molar-refractivity contribution in [3.8, 4) is 0 Å². The van der Waals surface area contributed by atoms with Gasteiger partial charge in [-0.15, -0.1) is 11.3 Å². The lowest BCUT2D eigenvalue weighted by molar-refractivity contribution is -0.121. The summed E-state index contributed by atoms with van der Waals surface area (Å²) in [5.74, 6) is 0.393.